The lowest BCUT2D eigenvalue weighted by Crippen LogP contribution is -2.14. The molecule has 0 radical (unpaired) electrons. The van der Waals surface area contributed by atoms with Crippen molar-refractivity contribution in [3.8, 4) is 11.1 Å². The Balaban J connectivity index is 0.000000934. The van der Waals surface area contributed by atoms with Crippen LogP contribution < -0.4 is 9.80 Å². The highest BCUT2D eigenvalue weighted by atomic mass is 15.1. The third-order valence-corrected chi connectivity index (χ3v) is 6.92. The van der Waals surface area contributed by atoms with E-state index >= 15 is 0 Å². The van der Waals surface area contributed by atoms with Gasteiger partial charge in [0.25, 0.3) is 0 Å². The first-order valence-corrected chi connectivity index (χ1v) is 14.4. The van der Waals surface area contributed by atoms with Crippen LogP contribution in [0, 0.1) is 0 Å². The molecule has 0 N–H and O–H groups in total. The molecule has 0 fully saturated rings. The summed E-state index contributed by atoms with van der Waals surface area (Å²) in [5.74, 6) is 0. The van der Waals surface area contributed by atoms with Gasteiger partial charge in [0.15, 0.2) is 0 Å². The molecule has 4 aromatic rings. The summed E-state index contributed by atoms with van der Waals surface area (Å²) in [6, 6.07) is 36.2. The fourth-order valence-corrected chi connectivity index (χ4v) is 4.61. The Labute approximate surface area is 259 Å². The van der Waals surface area contributed by atoms with E-state index in [2.05, 4.69) is 146 Å². The Morgan fingerprint density at radius 2 is 1.09 bits per heavy atom. The monoisotopic (exact) mass is 562 g/mol. The first-order valence-electron chi connectivity index (χ1n) is 14.4. The number of benzene rings is 4. The zero-order chi connectivity index (χ0) is 31.0. The lowest BCUT2D eigenvalue weighted by Gasteiger charge is -2.26. The molecule has 43 heavy (non-hydrogen) atoms. The Hall–Kier alpha value is -5.34. The van der Waals surface area contributed by atoms with Gasteiger partial charge in [0.2, 0.25) is 0 Å². The number of rotatable bonds is 11. The largest absolute Gasteiger partial charge is 0.345 e. The molecule has 0 aromatic heterocycles. The summed E-state index contributed by atoms with van der Waals surface area (Å²) in [4.78, 5) is 4.40. The fourth-order valence-electron chi connectivity index (χ4n) is 4.61. The summed E-state index contributed by atoms with van der Waals surface area (Å²) >= 11 is 0. The van der Waals surface area contributed by atoms with Gasteiger partial charge < -0.3 is 9.80 Å². The summed E-state index contributed by atoms with van der Waals surface area (Å²) in [5.41, 5.74) is 9.95. The Morgan fingerprint density at radius 3 is 1.51 bits per heavy atom. The summed E-state index contributed by atoms with van der Waals surface area (Å²) in [7, 11) is 2.09. The highest BCUT2D eigenvalue weighted by molar-refractivity contribution is 5.78. The minimum atomic E-state index is 1.02. The first kappa shape index (κ1) is 32.2. The van der Waals surface area contributed by atoms with Crippen LogP contribution in [0.1, 0.15) is 19.4 Å². The molecule has 0 unspecified atom stereocenters. The molecule has 0 spiro atoms. The predicted octanol–water partition coefficient (Wildman–Crippen LogP) is 11.9. The van der Waals surface area contributed by atoms with E-state index in [1.807, 2.05) is 50.3 Å². The Morgan fingerprint density at radius 1 is 0.581 bits per heavy atom. The van der Waals surface area contributed by atoms with Crippen molar-refractivity contribution in [1.29, 1.82) is 0 Å². The zero-order valence-electron chi connectivity index (χ0n) is 25.7. The fraction of sp³-hybridized carbons (Fsp3) is 0.0732. The summed E-state index contributed by atoms with van der Waals surface area (Å²) in [6.07, 6.45) is 15.1. The van der Waals surface area contributed by atoms with E-state index in [4.69, 9.17) is 0 Å². The molecule has 0 saturated carbocycles. The molecule has 0 aliphatic heterocycles. The van der Waals surface area contributed by atoms with Gasteiger partial charge in [0.1, 0.15) is 0 Å². The quantitative estimate of drug-likeness (QED) is 0.168. The molecule has 0 heterocycles. The van der Waals surface area contributed by atoms with Crippen molar-refractivity contribution in [2.24, 2.45) is 0 Å². The number of hydrogen-bond acceptors (Lipinski definition) is 2. The van der Waals surface area contributed by atoms with E-state index in [0.717, 1.165) is 39.6 Å². The Bertz CT molecular complexity index is 1570. The van der Waals surface area contributed by atoms with E-state index in [1.54, 1.807) is 12.2 Å². The molecule has 0 saturated heterocycles. The third kappa shape index (κ3) is 8.58. The topological polar surface area (TPSA) is 6.48 Å². The second-order valence-electron chi connectivity index (χ2n) is 9.61. The molecule has 4 rings (SSSR count). The van der Waals surface area contributed by atoms with Crippen LogP contribution in [0.2, 0.25) is 0 Å². The lowest BCUT2D eigenvalue weighted by molar-refractivity contribution is 1.20. The second kappa shape index (κ2) is 16.8. The van der Waals surface area contributed by atoms with Gasteiger partial charge in [-0.1, -0.05) is 123 Å². The van der Waals surface area contributed by atoms with Crippen molar-refractivity contribution < 1.29 is 0 Å². The van der Waals surface area contributed by atoms with Gasteiger partial charge in [-0.25, -0.2) is 0 Å². The molecule has 0 aliphatic carbocycles. The SMILES string of the molecule is C=C/C=C(\C=C)c1ccc(N(/C(C=C)=C/C)c2ccc(-c3ccc(N(C)c4ccccc4)cc3)cc2)cc1.C=C/C=C\C. The van der Waals surface area contributed by atoms with Crippen LogP contribution in [0.25, 0.3) is 16.7 Å². The maximum absolute atomic E-state index is 4.05. The molecule has 216 valence electrons. The van der Waals surface area contributed by atoms with E-state index < -0.39 is 0 Å². The van der Waals surface area contributed by atoms with Gasteiger partial charge in [-0.15, -0.1) is 0 Å². The van der Waals surface area contributed by atoms with E-state index in [1.165, 1.54) is 11.1 Å². The van der Waals surface area contributed by atoms with Gasteiger partial charge >= 0.3 is 0 Å². The number of para-hydroxylation sites is 1. The number of anilines is 4. The molecule has 0 bridgehead atoms. The molecule has 0 atom stereocenters. The van der Waals surface area contributed by atoms with Crippen molar-refractivity contribution in [2.45, 2.75) is 13.8 Å². The summed E-state index contributed by atoms with van der Waals surface area (Å²) < 4.78 is 0. The van der Waals surface area contributed by atoms with Crippen LogP contribution in [-0.2, 0) is 0 Å². The van der Waals surface area contributed by atoms with Crippen LogP contribution in [-0.4, -0.2) is 7.05 Å². The van der Waals surface area contributed by atoms with Crippen LogP contribution in [0.4, 0.5) is 22.7 Å². The molecule has 2 heteroatoms. The standard InChI is InChI=1S/C36H34N2.C5H8/c1-6-13-28(7-2)29-18-24-35(25-19-29)38(32(8-3)9-4)36-26-20-31(21-27-36)30-16-22-34(23-17-30)37(5)33-14-11-10-12-15-33;1-3-5-4-2/h6-27H,1-3H2,4-5H3;3-5H,1H2,2H3/b28-13+,32-9+;5-4-. The highest BCUT2D eigenvalue weighted by Crippen LogP contribution is 2.34. The summed E-state index contributed by atoms with van der Waals surface area (Å²) in [5, 5.41) is 0. The molecular formula is C41H42N2. The molecule has 0 amide bonds. The van der Waals surface area contributed by atoms with Gasteiger partial charge in [0, 0.05) is 35.5 Å². The molecule has 2 nitrogen and oxygen atoms in total. The average molecular weight is 563 g/mol. The van der Waals surface area contributed by atoms with E-state index in [-0.39, 0.29) is 0 Å². The smallest absolute Gasteiger partial charge is 0.0461 e. The van der Waals surface area contributed by atoms with E-state index in [9.17, 15) is 0 Å². The van der Waals surface area contributed by atoms with Gasteiger partial charge in [-0.3, -0.25) is 0 Å². The van der Waals surface area contributed by atoms with Crippen molar-refractivity contribution in [3.63, 3.8) is 0 Å². The highest BCUT2D eigenvalue weighted by Gasteiger charge is 2.13. The molecule has 0 aliphatic rings. The number of hydrogen-bond donors (Lipinski definition) is 0. The van der Waals surface area contributed by atoms with Crippen molar-refractivity contribution in [2.75, 3.05) is 16.8 Å². The minimum Gasteiger partial charge on any atom is -0.345 e. The minimum absolute atomic E-state index is 1.02. The number of nitrogens with zero attached hydrogens (tertiary/aromatic N) is 2. The van der Waals surface area contributed by atoms with Crippen molar-refractivity contribution >= 4 is 28.3 Å². The Kier molecular flexibility index (Phi) is 12.6. The predicted molar refractivity (Wildman–Crippen MR) is 192 cm³/mol. The van der Waals surface area contributed by atoms with Crippen LogP contribution in [0.15, 0.2) is 184 Å². The van der Waals surface area contributed by atoms with Crippen LogP contribution >= 0.6 is 0 Å². The maximum atomic E-state index is 4.05. The second-order valence-corrected chi connectivity index (χ2v) is 9.61. The average Bonchev–Trinajstić information content (AvgIpc) is 3.07. The lowest BCUT2D eigenvalue weighted by atomic mass is 10.0. The van der Waals surface area contributed by atoms with Gasteiger partial charge in [-0.2, -0.15) is 0 Å². The van der Waals surface area contributed by atoms with Crippen LogP contribution in [0.5, 0.6) is 0 Å². The molecule has 4 aromatic carbocycles. The van der Waals surface area contributed by atoms with E-state index in [0.29, 0.717) is 0 Å². The van der Waals surface area contributed by atoms with Crippen LogP contribution in [0.3, 0.4) is 0 Å². The third-order valence-electron chi connectivity index (χ3n) is 6.92. The first-order chi connectivity index (χ1) is 21.0. The van der Waals surface area contributed by atoms with Crippen molar-refractivity contribution in [3.05, 3.63) is 189 Å². The van der Waals surface area contributed by atoms with Crippen molar-refractivity contribution in [1.82, 2.24) is 0 Å². The normalized spacial score (nSPS) is 11.2. The summed E-state index contributed by atoms with van der Waals surface area (Å²) in [6.45, 7) is 19.2. The number of allylic oxidation sites excluding steroid dienone is 9. The molecular weight excluding hydrogens is 520 g/mol. The van der Waals surface area contributed by atoms with Gasteiger partial charge in [0.05, 0.1) is 0 Å². The maximum Gasteiger partial charge on any atom is 0.0461 e. The zero-order valence-corrected chi connectivity index (χ0v) is 25.7. The van der Waals surface area contributed by atoms with Gasteiger partial charge in [-0.05, 0) is 90.7 Å².